The molecule has 0 saturated carbocycles. The Hall–Kier alpha value is -2.61. The van der Waals surface area contributed by atoms with Gasteiger partial charge in [-0.05, 0) is 62.2 Å². The molecular formula is C21H25Cl2N5O2. The Balaban J connectivity index is 0.00000160. The summed E-state index contributed by atoms with van der Waals surface area (Å²) in [6.07, 6.45) is 7.14. The molecular weight excluding hydrogens is 425 g/mol. The van der Waals surface area contributed by atoms with Gasteiger partial charge in [-0.1, -0.05) is 12.1 Å². The average Bonchev–Trinajstić information content (AvgIpc) is 3.24. The summed E-state index contributed by atoms with van der Waals surface area (Å²) < 4.78 is 1.71. The normalized spacial score (nSPS) is 13.8. The van der Waals surface area contributed by atoms with E-state index in [1.165, 1.54) is 0 Å². The van der Waals surface area contributed by atoms with Crippen LogP contribution in [0.4, 0.5) is 5.69 Å². The van der Waals surface area contributed by atoms with Crippen molar-refractivity contribution in [1.29, 1.82) is 0 Å². The van der Waals surface area contributed by atoms with Crippen molar-refractivity contribution in [3.63, 3.8) is 0 Å². The largest absolute Gasteiger partial charge is 0.322 e. The highest BCUT2D eigenvalue weighted by molar-refractivity contribution is 6.05. The lowest BCUT2D eigenvalue weighted by Crippen LogP contribution is -2.37. The van der Waals surface area contributed by atoms with Gasteiger partial charge in [-0.3, -0.25) is 14.7 Å². The molecule has 0 radical (unpaired) electrons. The van der Waals surface area contributed by atoms with Crippen molar-refractivity contribution >= 4 is 36.4 Å². The van der Waals surface area contributed by atoms with Crippen LogP contribution in [-0.2, 0) is 0 Å². The lowest BCUT2D eigenvalue weighted by atomic mass is 10.0. The first-order valence-corrected chi connectivity index (χ1v) is 9.46. The quantitative estimate of drug-likeness (QED) is 0.567. The number of piperidine rings is 1. The molecule has 9 heteroatoms. The second-order valence-corrected chi connectivity index (χ2v) is 7.09. The summed E-state index contributed by atoms with van der Waals surface area (Å²) >= 11 is 0. The number of aromatic amines is 1. The molecule has 3 N–H and O–H groups in total. The van der Waals surface area contributed by atoms with Crippen LogP contribution in [0.2, 0.25) is 0 Å². The summed E-state index contributed by atoms with van der Waals surface area (Å²) in [4.78, 5) is 25.9. The highest BCUT2D eigenvalue weighted by atomic mass is 35.5. The SMILES string of the molecule is Cc1ccn(C2CCNCC2)c(=O)c1C(=O)Nc1ccc(-c2cn[nH]c2)cc1.Cl.Cl. The average molecular weight is 450 g/mol. The van der Waals surface area contributed by atoms with Crippen molar-refractivity contribution in [2.75, 3.05) is 18.4 Å². The number of benzene rings is 1. The fraction of sp³-hybridized carbons (Fsp3) is 0.286. The van der Waals surface area contributed by atoms with Crippen LogP contribution >= 0.6 is 24.8 Å². The smallest absolute Gasteiger partial charge is 0.263 e. The van der Waals surface area contributed by atoms with Crippen LogP contribution < -0.4 is 16.2 Å². The number of aromatic nitrogens is 3. The first kappa shape index (κ1) is 23.7. The van der Waals surface area contributed by atoms with Gasteiger partial charge in [0.25, 0.3) is 11.5 Å². The molecule has 7 nitrogen and oxygen atoms in total. The fourth-order valence-corrected chi connectivity index (χ4v) is 3.64. The molecule has 160 valence electrons. The number of carbonyl (C=O) groups is 1. The van der Waals surface area contributed by atoms with Crippen LogP contribution in [0.5, 0.6) is 0 Å². The summed E-state index contributed by atoms with van der Waals surface area (Å²) in [6.45, 7) is 3.57. The molecule has 0 aliphatic carbocycles. The maximum atomic E-state index is 13.0. The van der Waals surface area contributed by atoms with Crippen molar-refractivity contribution in [1.82, 2.24) is 20.1 Å². The van der Waals surface area contributed by atoms with E-state index in [0.29, 0.717) is 11.3 Å². The van der Waals surface area contributed by atoms with Gasteiger partial charge >= 0.3 is 0 Å². The molecule has 0 atom stereocenters. The zero-order valence-electron chi connectivity index (χ0n) is 16.6. The first-order chi connectivity index (χ1) is 13.6. The second kappa shape index (κ2) is 10.4. The number of aryl methyl sites for hydroxylation is 1. The zero-order valence-corrected chi connectivity index (χ0v) is 18.2. The number of anilines is 1. The lowest BCUT2D eigenvalue weighted by Gasteiger charge is -2.25. The Morgan fingerprint density at radius 1 is 1.10 bits per heavy atom. The molecule has 0 spiro atoms. The van der Waals surface area contributed by atoms with Gasteiger partial charge in [0.15, 0.2) is 0 Å². The number of carbonyl (C=O) groups excluding carboxylic acids is 1. The number of hydrogen-bond donors (Lipinski definition) is 3. The number of halogens is 2. The summed E-state index contributed by atoms with van der Waals surface area (Å²) in [5.41, 5.74) is 3.29. The number of amides is 1. The fourth-order valence-electron chi connectivity index (χ4n) is 3.64. The minimum atomic E-state index is -0.373. The van der Waals surface area contributed by atoms with E-state index in [4.69, 9.17) is 0 Å². The molecule has 1 fully saturated rings. The van der Waals surface area contributed by atoms with Gasteiger partial charge in [-0.2, -0.15) is 5.10 Å². The third kappa shape index (κ3) is 4.92. The highest BCUT2D eigenvalue weighted by Crippen LogP contribution is 2.21. The highest BCUT2D eigenvalue weighted by Gasteiger charge is 2.21. The van der Waals surface area contributed by atoms with Crippen LogP contribution in [0.15, 0.2) is 53.7 Å². The Bertz CT molecular complexity index is 1030. The molecule has 4 rings (SSSR count). The molecule has 30 heavy (non-hydrogen) atoms. The molecule has 0 bridgehead atoms. The van der Waals surface area contributed by atoms with E-state index < -0.39 is 0 Å². The third-order valence-electron chi connectivity index (χ3n) is 5.23. The molecule has 0 unspecified atom stereocenters. The number of H-pyrrole nitrogens is 1. The molecule has 3 aromatic rings. The van der Waals surface area contributed by atoms with Gasteiger partial charge in [0.2, 0.25) is 0 Å². The molecule has 1 aliphatic rings. The minimum Gasteiger partial charge on any atom is -0.322 e. The number of nitrogens with one attached hydrogen (secondary N) is 3. The van der Waals surface area contributed by atoms with Crippen molar-refractivity contribution in [3.05, 3.63) is 70.4 Å². The summed E-state index contributed by atoms with van der Waals surface area (Å²) in [5.74, 6) is -0.373. The van der Waals surface area contributed by atoms with Gasteiger partial charge < -0.3 is 15.2 Å². The van der Waals surface area contributed by atoms with E-state index in [2.05, 4.69) is 20.8 Å². The molecule has 1 aromatic carbocycles. The predicted octanol–water partition coefficient (Wildman–Crippen LogP) is 3.57. The molecule has 2 aromatic heterocycles. The third-order valence-corrected chi connectivity index (χ3v) is 5.23. The number of hydrogen-bond acceptors (Lipinski definition) is 4. The number of nitrogens with zero attached hydrogens (tertiary/aromatic N) is 2. The van der Waals surface area contributed by atoms with Crippen LogP contribution in [0.25, 0.3) is 11.1 Å². The molecule has 1 saturated heterocycles. The Morgan fingerprint density at radius 2 is 1.80 bits per heavy atom. The number of rotatable bonds is 4. The molecule has 3 heterocycles. The topological polar surface area (TPSA) is 91.8 Å². The monoisotopic (exact) mass is 449 g/mol. The Morgan fingerprint density at radius 3 is 2.43 bits per heavy atom. The standard InChI is InChI=1S/C21H23N5O2.2ClH/c1-14-8-11-26(18-6-9-22-10-7-18)21(28)19(14)20(27)25-17-4-2-15(3-5-17)16-12-23-24-13-16;;/h2-5,8,11-13,18,22H,6-7,9-10H2,1H3,(H,23,24)(H,25,27);2*1H. The molecule has 1 aliphatic heterocycles. The van der Waals surface area contributed by atoms with E-state index in [1.54, 1.807) is 17.7 Å². The Labute approximate surface area is 187 Å². The van der Waals surface area contributed by atoms with Crippen LogP contribution in [0.3, 0.4) is 0 Å². The van der Waals surface area contributed by atoms with Gasteiger partial charge in [-0.15, -0.1) is 24.8 Å². The molecule has 1 amide bonds. The van der Waals surface area contributed by atoms with Crippen molar-refractivity contribution in [3.8, 4) is 11.1 Å². The Kier molecular flexibility index (Phi) is 8.23. The van der Waals surface area contributed by atoms with Crippen LogP contribution in [0.1, 0.15) is 34.8 Å². The summed E-state index contributed by atoms with van der Waals surface area (Å²) in [6, 6.07) is 9.45. The van der Waals surface area contributed by atoms with E-state index in [1.807, 2.05) is 42.7 Å². The van der Waals surface area contributed by atoms with E-state index >= 15 is 0 Å². The van der Waals surface area contributed by atoms with Crippen molar-refractivity contribution < 1.29 is 4.79 Å². The van der Waals surface area contributed by atoms with Gasteiger partial charge in [-0.25, -0.2) is 0 Å². The zero-order chi connectivity index (χ0) is 19.5. The summed E-state index contributed by atoms with van der Waals surface area (Å²) in [7, 11) is 0. The first-order valence-electron chi connectivity index (χ1n) is 9.46. The van der Waals surface area contributed by atoms with E-state index in [9.17, 15) is 9.59 Å². The van der Waals surface area contributed by atoms with Crippen molar-refractivity contribution in [2.45, 2.75) is 25.8 Å². The van der Waals surface area contributed by atoms with Gasteiger partial charge in [0, 0.05) is 29.7 Å². The van der Waals surface area contributed by atoms with Crippen LogP contribution in [0, 0.1) is 6.92 Å². The minimum absolute atomic E-state index is 0. The second-order valence-electron chi connectivity index (χ2n) is 7.09. The van der Waals surface area contributed by atoms with Crippen LogP contribution in [-0.4, -0.2) is 33.8 Å². The maximum Gasteiger partial charge on any atom is 0.263 e. The van der Waals surface area contributed by atoms with E-state index in [0.717, 1.165) is 37.1 Å². The van der Waals surface area contributed by atoms with Gasteiger partial charge in [0.1, 0.15) is 5.56 Å². The maximum absolute atomic E-state index is 13.0. The number of pyridine rings is 1. The summed E-state index contributed by atoms with van der Waals surface area (Å²) in [5, 5.41) is 12.9. The van der Waals surface area contributed by atoms with Crippen molar-refractivity contribution in [2.24, 2.45) is 0 Å². The predicted molar refractivity (Wildman–Crippen MR) is 123 cm³/mol. The lowest BCUT2D eigenvalue weighted by molar-refractivity contribution is 0.102. The van der Waals surface area contributed by atoms with Gasteiger partial charge in [0.05, 0.1) is 6.20 Å². The van der Waals surface area contributed by atoms with E-state index in [-0.39, 0.29) is 47.9 Å².